The smallest absolute Gasteiger partial charge is 0.336 e. The van der Waals surface area contributed by atoms with E-state index in [1.54, 1.807) is 6.92 Å². The van der Waals surface area contributed by atoms with Crippen molar-refractivity contribution in [2.75, 3.05) is 19.8 Å². The molecule has 0 spiro atoms. The number of esters is 1. The van der Waals surface area contributed by atoms with Crippen molar-refractivity contribution in [2.45, 2.75) is 13.8 Å². The van der Waals surface area contributed by atoms with Gasteiger partial charge in [-0.1, -0.05) is 6.92 Å². The quantitative estimate of drug-likeness (QED) is 0.333. The number of hydrogen-bond acceptors (Lipinski definition) is 5. The number of rotatable bonds is 5. The van der Waals surface area contributed by atoms with Gasteiger partial charge in [-0.05, 0) is 6.92 Å². The van der Waals surface area contributed by atoms with Crippen molar-refractivity contribution >= 4 is 5.97 Å². The lowest BCUT2D eigenvalue weighted by Crippen LogP contribution is -2.32. The second kappa shape index (κ2) is 5.62. The molecule has 0 heterocycles. The Balaban J connectivity index is 4.11. The Bertz CT molecular complexity index is 217. The molecule has 82 valence electrons. The summed E-state index contributed by atoms with van der Waals surface area (Å²) in [7, 11) is 0. The van der Waals surface area contributed by atoms with Crippen LogP contribution in [0.3, 0.4) is 0 Å². The van der Waals surface area contributed by atoms with E-state index in [2.05, 4.69) is 0 Å². The lowest BCUT2D eigenvalue weighted by atomic mass is 9.94. The largest absolute Gasteiger partial charge is 0.515 e. The fraction of sp³-hybridized carbons (Fsp3) is 0.667. The summed E-state index contributed by atoms with van der Waals surface area (Å²) in [6.45, 7) is 2.33. The number of carbonyl (C=O) groups excluding carboxylic acids is 1. The van der Waals surface area contributed by atoms with Crippen molar-refractivity contribution in [3.05, 3.63) is 11.8 Å². The Hall–Kier alpha value is -1.07. The van der Waals surface area contributed by atoms with Crippen LogP contribution in [0.25, 0.3) is 0 Å². The maximum atomic E-state index is 11.0. The van der Waals surface area contributed by atoms with Gasteiger partial charge in [0.25, 0.3) is 0 Å². The molecule has 0 saturated carbocycles. The first-order valence-corrected chi connectivity index (χ1v) is 4.19. The second-order valence-corrected chi connectivity index (χ2v) is 3.52. The fourth-order valence-corrected chi connectivity index (χ4v) is 0.548. The molecule has 14 heavy (non-hydrogen) atoms. The average molecular weight is 204 g/mol. The van der Waals surface area contributed by atoms with Gasteiger partial charge in [-0.2, -0.15) is 0 Å². The zero-order chi connectivity index (χ0) is 11.2. The van der Waals surface area contributed by atoms with Gasteiger partial charge in [0.15, 0.2) is 0 Å². The lowest BCUT2D eigenvalue weighted by Gasteiger charge is -2.23. The lowest BCUT2D eigenvalue weighted by molar-refractivity contribution is -0.144. The minimum absolute atomic E-state index is 0.0724. The van der Waals surface area contributed by atoms with Gasteiger partial charge in [0, 0.05) is 5.41 Å². The molecule has 0 aromatic rings. The maximum Gasteiger partial charge on any atom is 0.336 e. The van der Waals surface area contributed by atoms with Gasteiger partial charge < -0.3 is 20.1 Å². The summed E-state index contributed by atoms with van der Waals surface area (Å²) in [5.74, 6) is -0.666. The Kier molecular flexibility index (Phi) is 5.19. The van der Waals surface area contributed by atoms with E-state index in [0.29, 0.717) is 6.26 Å². The van der Waals surface area contributed by atoms with Gasteiger partial charge >= 0.3 is 5.97 Å². The van der Waals surface area contributed by atoms with Crippen LogP contribution in [0.1, 0.15) is 13.8 Å². The first-order valence-electron chi connectivity index (χ1n) is 4.19. The molecule has 0 aliphatic heterocycles. The molecular weight excluding hydrogens is 188 g/mol. The van der Waals surface area contributed by atoms with Crippen LogP contribution in [-0.4, -0.2) is 41.1 Å². The minimum atomic E-state index is -0.842. The van der Waals surface area contributed by atoms with Crippen LogP contribution >= 0.6 is 0 Å². The van der Waals surface area contributed by atoms with E-state index in [9.17, 15) is 4.79 Å². The van der Waals surface area contributed by atoms with Crippen molar-refractivity contribution in [3.63, 3.8) is 0 Å². The molecular formula is C9H16O5. The molecule has 0 unspecified atom stereocenters. The Labute approximate surface area is 82.6 Å². The normalized spacial score (nSPS) is 12.7. The van der Waals surface area contributed by atoms with E-state index in [1.807, 2.05) is 0 Å². The first-order chi connectivity index (χ1) is 6.49. The van der Waals surface area contributed by atoms with Crippen molar-refractivity contribution in [2.24, 2.45) is 5.41 Å². The van der Waals surface area contributed by atoms with Gasteiger partial charge in [-0.25, -0.2) is 4.79 Å². The zero-order valence-corrected chi connectivity index (χ0v) is 8.36. The third-order valence-electron chi connectivity index (χ3n) is 1.83. The highest BCUT2D eigenvalue weighted by molar-refractivity contribution is 5.87. The standard InChI is InChI=1S/C9H16O5/c1-7(3-10)8(13)14-6-9(2,4-11)5-12/h3,10-12H,4-6H2,1-2H3/b7-3+. The molecule has 0 aliphatic carbocycles. The number of ether oxygens (including phenoxy) is 1. The van der Waals surface area contributed by atoms with Crippen LogP contribution < -0.4 is 0 Å². The molecule has 0 amide bonds. The van der Waals surface area contributed by atoms with Crippen molar-refractivity contribution in [1.29, 1.82) is 0 Å². The Morgan fingerprint density at radius 2 is 1.93 bits per heavy atom. The van der Waals surface area contributed by atoms with E-state index in [-0.39, 0.29) is 25.4 Å². The van der Waals surface area contributed by atoms with E-state index in [4.69, 9.17) is 20.1 Å². The predicted octanol–water partition coefficient (Wildman–Crippen LogP) is -0.0177. The van der Waals surface area contributed by atoms with Gasteiger partial charge in [-0.15, -0.1) is 0 Å². The average Bonchev–Trinajstić information content (AvgIpc) is 2.24. The number of hydrogen-bond donors (Lipinski definition) is 3. The summed E-state index contributed by atoms with van der Waals surface area (Å²) in [5, 5.41) is 26.2. The molecule has 5 nitrogen and oxygen atoms in total. The van der Waals surface area contributed by atoms with Gasteiger partial charge in [0.1, 0.15) is 6.61 Å². The molecule has 0 radical (unpaired) electrons. The molecule has 0 aliphatic rings. The van der Waals surface area contributed by atoms with Crippen LogP contribution in [0, 0.1) is 5.41 Å². The van der Waals surface area contributed by atoms with E-state index in [0.717, 1.165) is 0 Å². The highest BCUT2D eigenvalue weighted by Crippen LogP contribution is 2.15. The zero-order valence-electron chi connectivity index (χ0n) is 8.36. The SMILES string of the molecule is C/C(=C\O)C(=O)OCC(C)(CO)CO. The summed E-state index contributed by atoms with van der Waals surface area (Å²) in [4.78, 5) is 11.0. The maximum absolute atomic E-state index is 11.0. The third-order valence-corrected chi connectivity index (χ3v) is 1.83. The van der Waals surface area contributed by atoms with Gasteiger partial charge in [-0.3, -0.25) is 0 Å². The molecule has 0 fully saturated rings. The van der Waals surface area contributed by atoms with E-state index >= 15 is 0 Å². The van der Waals surface area contributed by atoms with Crippen molar-refractivity contribution in [3.8, 4) is 0 Å². The molecule has 0 atom stereocenters. The van der Waals surface area contributed by atoms with Crippen LogP contribution in [0.2, 0.25) is 0 Å². The van der Waals surface area contributed by atoms with Crippen molar-refractivity contribution < 1.29 is 24.9 Å². The molecule has 5 heteroatoms. The molecule has 0 rings (SSSR count). The van der Waals surface area contributed by atoms with Crippen LogP contribution in [0.5, 0.6) is 0 Å². The Morgan fingerprint density at radius 1 is 1.43 bits per heavy atom. The van der Waals surface area contributed by atoms with Gasteiger partial charge in [0.05, 0.1) is 25.0 Å². The molecule has 3 N–H and O–H groups in total. The number of aliphatic hydroxyl groups excluding tert-OH is 3. The molecule has 0 bridgehead atoms. The number of carbonyl (C=O) groups is 1. The van der Waals surface area contributed by atoms with E-state index in [1.165, 1.54) is 6.92 Å². The van der Waals surface area contributed by atoms with Crippen LogP contribution in [-0.2, 0) is 9.53 Å². The monoisotopic (exact) mass is 204 g/mol. The minimum Gasteiger partial charge on any atom is -0.515 e. The molecule has 0 aromatic heterocycles. The second-order valence-electron chi connectivity index (χ2n) is 3.52. The van der Waals surface area contributed by atoms with Crippen molar-refractivity contribution in [1.82, 2.24) is 0 Å². The summed E-state index contributed by atoms with van der Waals surface area (Å²) < 4.78 is 4.75. The van der Waals surface area contributed by atoms with Crippen LogP contribution in [0.15, 0.2) is 11.8 Å². The summed E-state index contributed by atoms with van der Waals surface area (Å²) in [6, 6.07) is 0. The summed E-state index contributed by atoms with van der Waals surface area (Å²) >= 11 is 0. The third kappa shape index (κ3) is 3.76. The summed E-state index contributed by atoms with van der Waals surface area (Å²) in [5.41, 5.74) is -0.769. The summed E-state index contributed by atoms with van der Waals surface area (Å²) in [6.07, 6.45) is 0.650. The van der Waals surface area contributed by atoms with Gasteiger partial charge in [0.2, 0.25) is 0 Å². The Morgan fingerprint density at radius 3 is 2.29 bits per heavy atom. The highest BCUT2D eigenvalue weighted by atomic mass is 16.5. The first kappa shape index (κ1) is 12.9. The topological polar surface area (TPSA) is 87.0 Å². The fourth-order valence-electron chi connectivity index (χ4n) is 0.548. The van der Waals surface area contributed by atoms with Crippen LogP contribution in [0.4, 0.5) is 0 Å². The molecule has 0 aromatic carbocycles. The highest BCUT2D eigenvalue weighted by Gasteiger charge is 2.24. The molecule has 0 saturated heterocycles. The predicted molar refractivity (Wildman–Crippen MR) is 49.6 cm³/mol. The van der Waals surface area contributed by atoms with E-state index < -0.39 is 11.4 Å². The number of aliphatic hydroxyl groups is 3.